The number of carbonyl (C=O) groups excluding carboxylic acids is 1. The lowest BCUT2D eigenvalue weighted by Gasteiger charge is -2.22. The second kappa shape index (κ2) is 6.86. The third-order valence-corrected chi connectivity index (χ3v) is 4.07. The molecule has 20 heavy (non-hydrogen) atoms. The highest BCUT2D eigenvalue weighted by atomic mass is 16.2. The Kier molecular flexibility index (Phi) is 5.15. The van der Waals surface area contributed by atoms with Gasteiger partial charge in [-0.2, -0.15) is 0 Å². The van der Waals surface area contributed by atoms with Crippen LogP contribution in [-0.4, -0.2) is 41.9 Å². The summed E-state index contributed by atoms with van der Waals surface area (Å²) in [4.78, 5) is 15.8. The lowest BCUT2D eigenvalue weighted by molar-refractivity contribution is -0.128. The van der Waals surface area contributed by atoms with Crippen LogP contribution in [0.15, 0.2) is 18.2 Å². The standard InChI is InChI=1S/C16H25N3O/c1-13-10-15(11-17)4-5-16(13)12-18-6-3-7-19(9-8-18)14(2)20/h4-5,10H,3,6-9,11-12,17H2,1-2H3. The quantitative estimate of drug-likeness (QED) is 0.909. The summed E-state index contributed by atoms with van der Waals surface area (Å²) < 4.78 is 0. The fourth-order valence-electron chi connectivity index (χ4n) is 2.75. The van der Waals surface area contributed by atoms with Crippen molar-refractivity contribution < 1.29 is 4.79 Å². The Morgan fingerprint density at radius 2 is 2.05 bits per heavy atom. The minimum atomic E-state index is 0.190. The molecule has 4 heteroatoms. The Morgan fingerprint density at radius 3 is 2.70 bits per heavy atom. The van der Waals surface area contributed by atoms with E-state index in [0.29, 0.717) is 6.54 Å². The molecule has 0 bridgehead atoms. The summed E-state index contributed by atoms with van der Waals surface area (Å²) >= 11 is 0. The number of rotatable bonds is 3. The van der Waals surface area contributed by atoms with Crippen molar-refractivity contribution in [2.45, 2.75) is 33.4 Å². The summed E-state index contributed by atoms with van der Waals surface area (Å²) in [6, 6.07) is 6.47. The molecule has 1 heterocycles. The molecule has 2 rings (SSSR count). The predicted molar refractivity (Wildman–Crippen MR) is 81.2 cm³/mol. The second-order valence-electron chi connectivity index (χ2n) is 5.60. The molecule has 0 unspecified atom stereocenters. The number of aryl methyl sites for hydroxylation is 1. The molecule has 0 saturated carbocycles. The van der Waals surface area contributed by atoms with E-state index >= 15 is 0 Å². The first-order valence-electron chi connectivity index (χ1n) is 7.36. The van der Waals surface area contributed by atoms with Crippen molar-refractivity contribution >= 4 is 5.91 Å². The topological polar surface area (TPSA) is 49.6 Å². The third-order valence-electron chi connectivity index (χ3n) is 4.07. The van der Waals surface area contributed by atoms with Gasteiger partial charge in [-0.15, -0.1) is 0 Å². The minimum Gasteiger partial charge on any atom is -0.342 e. The zero-order valence-electron chi connectivity index (χ0n) is 12.6. The molecule has 4 nitrogen and oxygen atoms in total. The summed E-state index contributed by atoms with van der Waals surface area (Å²) in [6.07, 6.45) is 1.06. The normalized spacial score (nSPS) is 17.1. The van der Waals surface area contributed by atoms with Crippen molar-refractivity contribution in [1.82, 2.24) is 9.80 Å². The van der Waals surface area contributed by atoms with Gasteiger partial charge in [0.25, 0.3) is 0 Å². The molecule has 0 spiro atoms. The number of hydrogen-bond acceptors (Lipinski definition) is 3. The summed E-state index contributed by atoms with van der Waals surface area (Å²) in [5.41, 5.74) is 9.52. The van der Waals surface area contributed by atoms with E-state index in [1.807, 2.05) is 4.90 Å². The number of amides is 1. The molecule has 1 amide bonds. The van der Waals surface area contributed by atoms with Crippen LogP contribution in [0, 0.1) is 6.92 Å². The van der Waals surface area contributed by atoms with Gasteiger partial charge in [-0.3, -0.25) is 9.69 Å². The third kappa shape index (κ3) is 3.81. The molecule has 1 aromatic carbocycles. The molecule has 0 atom stereocenters. The molecule has 0 aliphatic carbocycles. The average molecular weight is 275 g/mol. The zero-order valence-corrected chi connectivity index (χ0v) is 12.6. The van der Waals surface area contributed by atoms with Gasteiger partial charge in [0.05, 0.1) is 0 Å². The maximum atomic E-state index is 11.4. The van der Waals surface area contributed by atoms with Crippen molar-refractivity contribution in [3.8, 4) is 0 Å². The van der Waals surface area contributed by atoms with Gasteiger partial charge in [0.1, 0.15) is 0 Å². The van der Waals surface area contributed by atoms with E-state index in [9.17, 15) is 4.79 Å². The Bertz CT molecular complexity index is 473. The first-order valence-corrected chi connectivity index (χ1v) is 7.36. The molecule has 1 aliphatic heterocycles. The van der Waals surface area contributed by atoms with Crippen LogP contribution in [0.5, 0.6) is 0 Å². The Labute approximate surface area is 121 Å². The fourth-order valence-corrected chi connectivity index (χ4v) is 2.75. The fraction of sp³-hybridized carbons (Fsp3) is 0.562. The van der Waals surface area contributed by atoms with Crippen LogP contribution in [0.1, 0.15) is 30.0 Å². The first-order chi connectivity index (χ1) is 9.60. The Hall–Kier alpha value is -1.39. The monoisotopic (exact) mass is 275 g/mol. The molecule has 1 saturated heterocycles. The van der Waals surface area contributed by atoms with E-state index in [0.717, 1.165) is 39.1 Å². The average Bonchev–Trinajstić information content (AvgIpc) is 2.66. The molecular formula is C16H25N3O. The lowest BCUT2D eigenvalue weighted by Crippen LogP contribution is -2.33. The van der Waals surface area contributed by atoms with Gasteiger partial charge in [-0.1, -0.05) is 18.2 Å². The number of nitrogens with two attached hydrogens (primary N) is 1. The minimum absolute atomic E-state index is 0.190. The van der Waals surface area contributed by atoms with Gasteiger partial charge in [0.15, 0.2) is 0 Å². The van der Waals surface area contributed by atoms with Gasteiger partial charge in [-0.25, -0.2) is 0 Å². The highest BCUT2D eigenvalue weighted by molar-refractivity contribution is 5.73. The Morgan fingerprint density at radius 1 is 1.25 bits per heavy atom. The molecule has 1 fully saturated rings. The van der Waals surface area contributed by atoms with Crippen LogP contribution in [0.25, 0.3) is 0 Å². The van der Waals surface area contributed by atoms with Crippen molar-refractivity contribution in [2.24, 2.45) is 5.73 Å². The van der Waals surface area contributed by atoms with Gasteiger partial charge in [-0.05, 0) is 30.0 Å². The van der Waals surface area contributed by atoms with Crippen LogP contribution in [0.4, 0.5) is 0 Å². The summed E-state index contributed by atoms with van der Waals surface area (Å²) in [5.74, 6) is 0.190. The van der Waals surface area contributed by atoms with E-state index < -0.39 is 0 Å². The highest BCUT2D eigenvalue weighted by Gasteiger charge is 2.16. The largest absolute Gasteiger partial charge is 0.342 e. The maximum absolute atomic E-state index is 11.4. The van der Waals surface area contributed by atoms with E-state index in [1.165, 1.54) is 16.7 Å². The Balaban J connectivity index is 1.98. The molecule has 110 valence electrons. The van der Waals surface area contributed by atoms with Gasteiger partial charge in [0.2, 0.25) is 5.91 Å². The maximum Gasteiger partial charge on any atom is 0.219 e. The predicted octanol–water partition coefficient (Wildman–Crippen LogP) is 1.51. The van der Waals surface area contributed by atoms with Gasteiger partial charge >= 0.3 is 0 Å². The van der Waals surface area contributed by atoms with Crippen LogP contribution >= 0.6 is 0 Å². The van der Waals surface area contributed by atoms with Crippen LogP contribution in [0.2, 0.25) is 0 Å². The van der Waals surface area contributed by atoms with E-state index in [-0.39, 0.29) is 5.91 Å². The molecule has 2 N–H and O–H groups in total. The zero-order chi connectivity index (χ0) is 14.5. The summed E-state index contributed by atoms with van der Waals surface area (Å²) in [5, 5.41) is 0. The van der Waals surface area contributed by atoms with E-state index in [4.69, 9.17) is 5.73 Å². The highest BCUT2D eigenvalue weighted by Crippen LogP contribution is 2.15. The molecule has 1 aromatic rings. The first kappa shape index (κ1) is 15.0. The van der Waals surface area contributed by atoms with E-state index in [1.54, 1.807) is 6.92 Å². The second-order valence-corrected chi connectivity index (χ2v) is 5.60. The number of benzene rings is 1. The number of carbonyl (C=O) groups is 1. The number of nitrogens with zero attached hydrogens (tertiary/aromatic N) is 2. The molecule has 1 aliphatic rings. The van der Waals surface area contributed by atoms with Crippen molar-refractivity contribution in [3.63, 3.8) is 0 Å². The van der Waals surface area contributed by atoms with Crippen LogP contribution in [-0.2, 0) is 17.9 Å². The molecule has 0 radical (unpaired) electrons. The summed E-state index contributed by atoms with van der Waals surface area (Å²) in [7, 11) is 0. The lowest BCUT2D eigenvalue weighted by atomic mass is 10.0. The van der Waals surface area contributed by atoms with Crippen LogP contribution < -0.4 is 5.73 Å². The van der Waals surface area contributed by atoms with Gasteiger partial charge in [0, 0.05) is 46.2 Å². The van der Waals surface area contributed by atoms with E-state index in [2.05, 4.69) is 30.0 Å². The molecule has 0 aromatic heterocycles. The van der Waals surface area contributed by atoms with Crippen molar-refractivity contribution in [1.29, 1.82) is 0 Å². The van der Waals surface area contributed by atoms with Crippen molar-refractivity contribution in [3.05, 3.63) is 34.9 Å². The SMILES string of the molecule is CC(=O)N1CCCN(Cc2ccc(CN)cc2C)CC1. The summed E-state index contributed by atoms with van der Waals surface area (Å²) in [6.45, 7) is 9.10. The smallest absolute Gasteiger partial charge is 0.219 e. The number of hydrogen-bond donors (Lipinski definition) is 1. The van der Waals surface area contributed by atoms with Crippen molar-refractivity contribution in [2.75, 3.05) is 26.2 Å². The molecular weight excluding hydrogens is 250 g/mol. The van der Waals surface area contributed by atoms with Gasteiger partial charge < -0.3 is 10.6 Å². The van der Waals surface area contributed by atoms with Crippen LogP contribution in [0.3, 0.4) is 0 Å².